The Hall–Kier alpha value is -3.15. The number of halogens is 7. The Kier molecular flexibility index (Phi) is 6.76. The molecule has 2 aromatic rings. The number of nitrogens with zero attached hydrogens (tertiary/aromatic N) is 1. The summed E-state index contributed by atoms with van der Waals surface area (Å²) in [5.41, 5.74) is 2.68. The Morgan fingerprint density at radius 1 is 1.00 bits per heavy atom. The summed E-state index contributed by atoms with van der Waals surface area (Å²) in [5.74, 6) is -2.90. The molecule has 36 heavy (non-hydrogen) atoms. The van der Waals surface area contributed by atoms with Crippen molar-refractivity contribution in [3.05, 3.63) is 70.5 Å². The minimum atomic E-state index is -5.00. The second-order valence-electron chi connectivity index (χ2n) is 8.99. The van der Waals surface area contributed by atoms with Gasteiger partial charge < -0.3 is 15.4 Å². The molecule has 194 valence electrons. The molecule has 2 aliphatic rings. The van der Waals surface area contributed by atoms with E-state index in [-0.39, 0.29) is 36.9 Å². The zero-order valence-corrected chi connectivity index (χ0v) is 18.6. The fraction of sp³-hybridized carbons (Fsp3) is 0.417. The lowest BCUT2D eigenvalue weighted by Gasteiger charge is -2.35. The largest absolute Gasteiger partial charge is 0.416 e. The van der Waals surface area contributed by atoms with Gasteiger partial charge in [0.25, 0.3) is 0 Å². The highest BCUT2D eigenvalue weighted by Crippen LogP contribution is 2.43. The van der Waals surface area contributed by atoms with E-state index in [1.807, 2.05) is 0 Å². The van der Waals surface area contributed by atoms with Crippen molar-refractivity contribution in [2.45, 2.75) is 49.9 Å². The number of amides is 2. The molecule has 2 N–H and O–H groups in total. The van der Waals surface area contributed by atoms with Crippen molar-refractivity contribution in [2.24, 2.45) is 11.7 Å². The molecular weight excluding hydrogens is 497 g/mol. The maximum atomic E-state index is 13.5. The van der Waals surface area contributed by atoms with Crippen molar-refractivity contribution in [2.75, 3.05) is 6.54 Å². The monoisotopic (exact) mass is 518 g/mol. The van der Waals surface area contributed by atoms with Crippen LogP contribution < -0.4 is 5.73 Å². The number of nitrogens with two attached hydrogens (primary N) is 1. The third-order valence-electron chi connectivity index (χ3n) is 6.63. The van der Waals surface area contributed by atoms with Crippen LogP contribution in [-0.4, -0.2) is 35.4 Å². The summed E-state index contributed by atoms with van der Waals surface area (Å²) in [6.07, 6.45) is -10.8. The van der Waals surface area contributed by atoms with Crippen LogP contribution in [-0.2, 0) is 33.3 Å². The van der Waals surface area contributed by atoms with E-state index in [0.29, 0.717) is 17.7 Å². The minimum Gasteiger partial charge on any atom is -0.371 e. The van der Waals surface area contributed by atoms with Gasteiger partial charge in [0.15, 0.2) is 0 Å². The summed E-state index contributed by atoms with van der Waals surface area (Å²) in [7, 11) is 0. The Morgan fingerprint density at radius 2 is 1.58 bits per heavy atom. The first-order valence-electron chi connectivity index (χ1n) is 11.0. The predicted octanol–water partition coefficient (Wildman–Crippen LogP) is 4.64. The normalized spacial score (nSPS) is 24.6. The van der Waals surface area contributed by atoms with Crippen molar-refractivity contribution in [1.29, 1.82) is 0 Å². The highest BCUT2D eigenvalue weighted by molar-refractivity contribution is 5.86. The first-order chi connectivity index (χ1) is 16.7. The van der Waals surface area contributed by atoms with Gasteiger partial charge in [-0.15, -0.1) is 0 Å². The first-order valence-corrected chi connectivity index (χ1v) is 11.0. The molecule has 0 spiro atoms. The summed E-state index contributed by atoms with van der Waals surface area (Å²) < 4.78 is 98.7. The van der Waals surface area contributed by atoms with Crippen LogP contribution in [0.25, 0.3) is 0 Å². The van der Waals surface area contributed by atoms with Gasteiger partial charge in [-0.1, -0.05) is 12.1 Å². The Bertz CT molecular complexity index is 1120. The molecule has 0 saturated carbocycles. The number of carbonyl (C=O) groups is 2. The minimum absolute atomic E-state index is 0.00210. The number of rotatable bonds is 5. The topological polar surface area (TPSA) is 72.6 Å². The van der Waals surface area contributed by atoms with E-state index in [2.05, 4.69) is 0 Å². The highest BCUT2D eigenvalue weighted by Gasteiger charge is 2.49. The first kappa shape index (κ1) is 25.9. The second-order valence-corrected chi connectivity index (χ2v) is 8.99. The Morgan fingerprint density at radius 3 is 2.11 bits per heavy atom. The summed E-state index contributed by atoms with van der Waals surface area (Å²) in [4.78, 5) is 26.0. The standard InChI is InChI=1S/C24H21F7N2O3/c25-17-3-1-13(2-4-17)21-18-7-14(22(32)35)8-20(34)33(18)10-19(21)36-11-12-5-15(23(26,27)28)9-16(6-12)24(29,30)31/h1-6,9,14,18-19,21H,7-8,10-11H2,(H2,32,35)/t14?,18-,19-,21-/m0/s1. The van der Waals surface area contributed by atoms with Crippen LogP contribution in [0.4, 0.5) is 30.7 Å². The lowest BCUT2D eigenvalue weighted by atomic mass is 9.81. The second kappa shape index (κ2) is 9.38. The molecule has 2 saturated heterocycles. The van der Waals surface area contributed by atoms with E-state index < -0.39 is 65.8 Å². The molecular formula is C24H21F7N2O3. The van der Waals surface area contributed by atoms with E-state index in [1.54, 1.807) is 0 Å². The van der Waals surface area contributed by atoms with Gasteiger partial charge in [0.2, 0.25) is 11.8 Å². The molecule has 0 bridgehead atoms. The molecule has 2 amide bonds. The molecule has 0 radical (unpaired) electrons. The van der Waals surface area contributed by atoms with Gasteiger partial charge in [0.05, 0.1) is 23.8 Å². The van der Waals surface area contributed by atoms with Crippen molar-refractivity contribution < 1.29 is 45.1 Å². The maximum absolute atomic E-state index is 13.5. The molecule has 0 aliphatic carbocycles. The summed E-state index contributed by atoms with van der Waals surface area (Å²) >= 11 is 0. The number of carbonyl (C=O) groups excluding carboxylic acids is 2. The lowest BCUT2D eigenvalue weighted by Crippen LogP contribution is -2.47. The number of primary amides is 1. The number of ether oxygens (including phenoxy) is 1. The smallest absolute Gasteiger partial charge is 0.371 e. The molecule has 2 aliphatic heterocycles. The number of alkyl halides is 6. The third kappa shape index (κ3) is 5.32. The van der Waals surface area contributed by atoms with Crippen molar-refractivity contribution in [3.63, 3.8) is 0 Å². The third-order valence-corrected chi connectivity index (χ3v) is 6.63. The van der Waals surface area contributed by atoms with Crippen LogP contribution in [0.15, 0.2) is 42.5 Å². The van der Waals surface area contributed by atoms with E-state index in [0.717, 1.165) is 0 Å². The van der Waals surface area contributed by atoms with E-state index in [9.17, 15) is 40.3 Å². The molecule has 2 heterocycles. The summed E-state index contributed by atoms with van der Waals surface area (Å²) in [6, 6.07) is 5.93. The fourth-order valence-corrected chi connectivity index (χ4v) is 4.95. The predicted molar refractivity (Wildman–Crippen MR) is 112 cm³/mol. The molecule has 2 aromatic carbocycles. The average Bonchev–Trinajstić information content (AvgIpc) is 3.16. The maximum Gasteiger partial charge on any atom is 0.416 e. The van der Waals surface area contributed by atoms with Gasteiger partial charge in [-0.25, -0.2) is 4.39 Å². The van der Waals surface area contributed by atoms with Gasteiger partial charge in [-0.2, -0.15) is 26.3 Å². The number of benzene rings is 2. The van der Waals surface area contributed by atoms with Gasteiger partial charge in [-0.3, -0.25) is 9.59 Å². The van der Waals surface area contributed by atoms with Gasteiger partial charge >= 0.3 is 12.4 Å². The molecule has 4 rings (SSSR count). The fourth-order valence-electron chi connectivity index (χ4n) is 4.95. The van der Waals surface area contributed by atoms with Crippen molar-refractivity contribution in [3.8, 4) is 0 Å². The molecule has 4 atom stereocenters. The average molecular weight is 518 g/mol. The number of hydrogen-bond acceptors (Lipinski definition) is 3. The molecule has 1 unspecified atom stereocenters. The van der Waals surface area contributed by atoms with Crippen molar-refractivity contribution >= 4 is 11.8 Å². The summed E-state index contributed by atoms with van der Waals surface area (Å²) in [6.45, 7) is -0.592. The van der Waals surface area contributed by atoms with E-state index in [4.69, 9.17) is 10.5 Å². The quantitative estimate of drug-likeness (QED) is 0.587. The van der Waals surface area contributed by atoms with Gasteiger partial charge in [0, 0.05) is 30.8 Å². The van der Waals surface area contributed by atoms with Gasteiger partial charge in [0.1, 0.15) is 5.82 Å². The number of piperidine rings is 1. The Labute approximate surface area is 201 Å². The van der Waals surface area contributed by atoms with Gasteiger partial charge in [-0.05, 0) is 47.9 Å². The van der Waals surface area contributed by atoms with Crippen molar-refractivity contribution in [1.82, 2.24) is 4.90 Å². The molecule has 12 heteroatoms. The molecule has 0 aromatic heterocycles. The molecule has 2 fully saturated rings. The van der Waals surface area contributed by atoms with Crippen LogP contribution in [0.5, 0.6) is 0 Å². The van der Waals surface area contributed by atoms with Crippen LogP contribution in [0.3, 0.4) is 0 Å². The lowest BCUT2D eigenvalue weighted by molar-refractivity contribution is -0.143. The van der Waals surface area contributed by atoms with Crippen LogP contribution in [0.1, 0.15) is 41.0 Å². The number of hydrogen-bond donors (Lipinski definition) is 1. The number of fused-ring (bicyclic) bond motifs is 1. The van der Waals surface area contributed by atoms with Crippen LogP contribution in [0.2, 0.25) is 0 Å². The molecule has 5 nitrogen and oxygen atoms in total. The zero-order chi connectivity index (χ0) is 26.4. The van der Waals surface area contributed by atoms with Crippen LogP contribution >= 0.6 is 0 Å². The summed E-state index contributed by atoms with van der Waals surface area (Å²) in [5, 5.41) is 0. The zero-order valence-electron chi connectivity index (χ0n) is 18.6. The Balaban J connectivity index is 1.65. The van der Waals surface area contributed by atoms with Crippen LogP contribution in [0, 0.1) is 11.7 Å². The van der Waals surface area contributed by atoms with E-state index in [1.165, 1.54) is 29.2 Å². The van der Waals surface area contributed by atoms with E-state index >= 15 is 0 Å². The highest BCUT2D eigenvalue weighted by atomic mass is 19.4. The SMILES string of the molecule is NC(=O)C1CC(=O)N2C[C@H](OCc3cc(C(F)(F)F)cc(C(F)(F)F)c3)[C@@H](c3ccc(F)cc3)[C@@H]2C1.